The number of carbonyl (C=O) groups is 1. The molecule has 0 fully saturated rings. The van der Waals surface area contributed by atoms with Gasteiger partial charge in [-0.3, -0.25) is 14.0 Å². The number of benzene rings is 1. The molecule has 7 nitrogen and oxygen atoms in total. The first-order chi connectivity index (χ1) is 13.3. The third kappa shape index (κ3) is 3.31. The van der Waals surface area contributed by atoms with Gasteiger partial charge in [0.2, 0.25) is 5.95 Å². The lowest BCUT2D eigenvalue weighted by atomic mass is 10.3. The van der Waals surface area contributed by atoms with Gasteiger partial charge in [-0.05, 0) is 37.3 Å². The number of halogens is 1. The Balaban J connectivity index is 1.76. The summed E-state index contributed by atoms with van der Waals surface area (Å²) in [6, 6.07) is 11.7. The number of anilines is 2. The van der Waals surface area contributed by atoms with E-state index >= 15 is 0 Å². The van der Waals surface area contributed by atoms with Crippen molar-refractivity contribution in [2.75, 3.05) is 24.3 Å². The van der Waals surface area contributed by atoms with E-state index in [1.807, 2.05) is 62.3 Å². The summed E-state index contributed by atoms with van der Waals surface area (Å²) in [5.74, 6) is 1.32. The van der Waals surface area contributed by atoms with E-state index in [9.17, 15) is 4.79 Å². The van der Waals surface area contributed by atoms with Crippen molar-refractivity contribution in [3.63, 3.8) is 0 Å². The van der Waals surface area contributed by atoms with Gasteiger partial charge in [0.05, 0.1) is 10.6 Å². The zero-order chi connectivity index (χ0) is 20.0. The number of aryl methyl sites for hydroxylation is 2. The molecule has 4 aromatic rings. The molecule has 3 aromatic heterocycles. The minimum absolute atomic E-state index is 0.167. The van der Waals surface area contributed by atoms with Gasteiger partial charge in [0.15, 0.2) is 0 Å². The SMILES string of the molecule is Cc1cc(NC(=O)c2cc3nc(N(C)C)n(-c4ccc(Br)cc4)c3s2)n(C)n1. The standard InChI is InChI=1S/C19H19BrN6OS/c1-11-9-16(25(4)23-11)22-17(27)15-10-14-18(28-15)26(19(21-14)24(2)3)13-7-5-12(20)6-8-13/h5-10H,1-4H3,(H,22,27). The number of nitrogens with one attached hydrogen (secondary N) is 1. The maximum atomic E-state index is 12.8. The van der Waals surface area contributed by atoms with Gasteiger partial charge in [-0.1, -0.05) is 15.9 Å². The maximum Gasteiger partial charge on any atom is 0.267 e. The number of thiophene rings is 1. The Bertz CT molecular complexity index is 1170. The average Bonchev–Trinajstić information content (AvgIpc) is 3.28. The molecular weight excluding hydrogens is 440 g/mol. The van der Waals surface area contributed by atoms with Crippen LogP contribution >= 0.6 is 27.3 Å². The average molecular weight is 459 g/mol. The molecule has 0 atom stereocenters. The number of aromatic nitrogens is 4. The second-order valence-electron chi connectivity index (χ2n) is 6.67. The van der Waals surface area contributed by atoms with Crippen LogP contribution in [0.1, 0.15) is 15.4 Å². The van der Waals surface area contributed by atoms with Crippen molar-refractivity contribution < 1.29 is 4.79 Å². The minimum Gasteiger partial charge on any atom is -0.348 e. The summed E-state index contributed by atoms with van der Waals surface area (Å²) in [6.45, 7) is 1.89. The van der Waals surface area contributed by atoms with Gasteiger partial charge in [-0.15, -0.1) is 11.3 Å². The Morgan fingerprint density at radius 1 is 1.21 bits per heavy atom. The molecule has 1 N–H and O–H groups in total. The quantitative estimate of drug-likeness (QED) is 0.497. The highest BCUT2D eigenvalue weighted by Crippen LogP contribution is 2.33. The van der Waals surface area contributed by atoms with Crippen molar-refractivity contribution in [1.29, 1.82) is 0 Å². The molecule has 0 aliphatic rings. The Morgan fingerprint density at radius 2 is 1.93 bits per heavy atom. The number of fused-ring (bicyclic) bond motifs is 1. The largest absolute Gasteiger partial charge is 0.348 e. The maximum absolute atomic E-state index is 12.8. The third-order valence-corrected chi connectivity index (χ3v) is 5.91. The minimum atomic E-state index is -0.167. The van der Waals surface area contributed by atoms with Crippen LogP contribution in [-0.2, 0) is 7.05 Å². The monoisotopic (exact) mass is 458 g/mol. The number of amides is 1. The molecule has 3 heterocycles. The van der Waals surface area contributed by atoms with E-state index < -0.39 is 0 Å². The molecule has 0 aliphatic heterocycles. The third-order valence-electron chi connectivity index (χ3n) is 4.27. The lowest BCUT2D eigenvalue weighted by Gasteiger charge is -2.14. The smallest absolute Gasteiger partial charge is 0.267 e. The van der Waals surface area contributed by atoms with E-state index in [0.29, 0.717) is 10.7 Å². The Kier molecular flexibility index (Phi) is 4.72. The predicted molar refractivity (Wildman–Crippen MR) is 117 cm³/mol. The molecule has 0 saturated heterocycles. The number of hydrogen-bond acceptors (Lipinski definition) is 5. The van der Waals surface area contributed by atoms with E-state index in [1.54, 1.807) is 11.7 Å². The molecule has 0 aliphatic carbocycles. The molecule has 0 bridgehead atoms. The van der Waals surface area contributed by atoms with Crippen molar-refractivity contribution in [2.45, 2.75) is 6.92 Å². The second kappa shape index (κ2) is 7.06. The van der Waals surface area contributed by atoms with Crippen LogP contribution in [0.25, 0.3) is 16.0 Å². The molecule has 9 heteroatoms. The van der Waals surface area contributed by atoms with Crippen molar-refractivity contribution in [2.24, 2.45) is 7.05 Å². The van der Waals surface area contributed by atoms with Crippen molar-refractivity contribution >= 4 is 55.3 Å². The highest BCUT2D eigenvalue weighted by molar-refractivity contribution is 9.10. The van der Waals surface area contributed by atoms with Gasteiger partial charge < -0.3 is 10.2 Å². The molecule has 28 heavy (non-hydrogen) atoms. The molecule has 4 rings (SSSR count). The van der Waals surface area contributed by atoms with Crippen LogP contribution < -0.4 is 10.2 Å². The van der Waals surface area contributed by atoms with E-state index in [0.717, 1.165) is 32.1 Å². The fraction of sp³-hybridized carbons (Fsp3) is 0.211. The number of nitrogens with zero attached hydrogens (tertiary/aromatic N) is 5. The van der Waals surface area contributed by atoms with Gasteiger partial charge in [0.1, 0.15) is 16.2 Å². The number of carbonyl (C=O) groups excluding carboxylic acids is 1. The molecule has 144 valence electrons. The summed E-state index contributed by atoms with van der Waals surface area (Å²) in [5.41, 5.74) is 2.64. The fourth-order valence-electron chi connectivity index (χ4n) is 3.00. The predicted octanol–water partition coefficient (Wildman–Crippen LogP) is 4.21. The topological polar surface area (TPSA) is 68.0 Å². The van der Waals surface area contributed by atoms with Gasteiger partial charge >= 0.3 is 0 Å². The first kappa shape index (κ1) is 18.7. The van der Waals surface area contributed by atoms with Crippen LogP contribution in [0.3, 0.4) is 0 Å². The van der Waals surface area contributed by atoms with Crippen LogP contribution in [0.5, 0.6) is 0 Å². The van der Waals surface area contributed by atoms with Crippen molar-refractivity contribution in [3.8, 4) is 5.69 Å². The number of imidazole rings is 1. The molecule has 0 spiro atoms. The van der Waals surface area contributed by atoms with Crippen LogP contribution in [0.15, 0.2) is 40.9 Å². The Labute approximate surface area is 174 Å². The lowest BCUT2D eigenvalue weighted by molar-refractivity contribution is 0.102. The van der Waals surface area contributed by atoms with Crippen LogP contribution in [0.4, 0.5) is 11.8 Å². The van der Waals surface area contributed by atoms with Crippen molar-refractivity contribution in [3.05, 3.63) is 51.4 Å². The van der Waals surface area contributed by atoms with Gasteiger partial charge in [-0.25, -0.2) is 4.98 Å². The summed E-state index contributed by atoms with van der Waals surface area (Å²) >= 11 is 4.90. The lowest BCUT2D eigenvalue weighted by Crippen LogP contribution is -2.15. The summed E-state index contributed by atoms with van der Waals surface area (Å²) in [5, 5.41) is 7.18. The molecule has 0 unspecified atom stereocenters. The fourth-order valence-corrected chi connectivity index (χ4v) is 4.28. The van der Waals surface area contributed by atoms with E-state index in [-0.39, 0.29) is 5.91 Å². The Hall–Kier alpha value is -2.65. The van der Waals surface area contributed by atoms with Gasteiger partial charge in [-0.2, -0.15) is 5.10 Å². The molecule has 0 saturated carbocycles. The summed E-state index contributed by atoms with van der Waals surface area (Å²) < 4.78 is 4.74. The van der Waals surface area contributed by atoms with Gasteiger partial charge in [0, 0.05) is 37.4 Å². The van der Waals surface area contributed by atoms with Crippen LogP contribution in [0, 0.1) is 6.92 Å². The Morgan fingerprint density at radius 3 is 2.54 bits per heavy atom. The highest BCUT2D eigenvalue weighted by atomic mass is 79.9. The first-order valence-corrected chi connectivity index (χ1v) is 10.2. The zero-order valence-electron chi connectivity index (χ0n) is 15.9. The van der Waals surface area contributed by atoms with E-state index in [1.165, 1.54) is 11.3 Å². The van der Waals surface area contributed by atoms with Crippen molar-refractivity contribution in [1.82, 2.24) is 19.3 Å². The molecule has 0 radical (unpaired) electrons. The molecule has 1 amide bonds. The normalized spacial score (nSPS) is 11.2. The van der Waals surface area contributed by atoms with Crippen LogP contribution in [-0.4, -0.2) is 39.3 Å². The van der Waals surface area contributed by atoms with E-state index in [2.05, 4.69) is 30.9 Å². The summed E-state index contributed by atoms with van der Waals surface area (Å²) in [7, 11) is 5.72. The van der Waals surface area contributed by atoms with E-state index in [4.69, 9.17) is 4.98 Å². The number of rotatable bonds is 4. The number of hydrogen-bond donors (Lipinski definition) is 1. The molecule has 1 aromatic carbocycles. The van der Waals surface area contributed by atoms with Gasteiger partial charge in [0.25, 0.3) is 5.91 Å². The van der Waals surface area contributed by atoms with Crippen LogP contribution in [0.2, 0.25) is 0 Å². The second-order valence-corrected chi connectivity index (χ2v) is 8.61. The zero-order valence-corrected chi connectivity index (χ0v) is 18.3. The summed E-state index contributed by atoms with van der Waals surface area (Å²) in [6.07, 6.45) is 0. The molecular formula is C19H19BrN6OS. The highest BCUT2D eigenvalue weighted by Gasteiger charge is 2.20. The first-order valence-electron chi connectivity index (χ1n) is 8.61. The summed E-state index contributed by atoms with van der Waals surface area (Å²) in [4.78, 5) is 21.0.